The summed E-state index contributed by atoms with van der Waals surface area (Å²) in [5, 5.41) is 2.80. The van der Waals surface area contributed by atoms with Gasteiger partial charge in [0.1, 0.15) is 17.6 Å². The number of benzene rings is 2. The lowest BCUT2D eigenvalue weighted by Gasteiger charge is -2.13. The standard InChI is InChI=1S/C20H22FNO4/c1-4-25-18-9-14-7-12(2)26-19(14)10-15(18)11-22-20(23)13-5-6-17(24-3)16(21)8-13/h5-6,8-10,12H,4,7,11H2,1-3H3,(H,22,23)/t12-/m1/s1. The number of amides is 1. The molecule has 138 valence electrons. The molecule has 26 heavy (non-hydrogen) atoms. The van der Waals surface area contributed by atoms with E-state index >= 15 is 0 Å². The molecule has 0 bridgehead atoms. The Morgan fingerprint density at radius 1 is 1.31 bits per heavy atom. The molecule has 0 spiro atoms. The van der Waals surface area contributed by atoms with Crippen molar-refractivity contribution in [3.63, 3.8) is 0 Å². The number of carbonyl (C=O) groups is 1. The molecule has 0 saturated heterocycles. The minimum absolute atomic E-state index is 0.102. The van der Waals surface area contributed by atoms with Crippen LogP contribution in [0.1, 0.15) is 35.3 Å². The molecule has 1 atom stereocenters. The Bertz CT molecular complexity index is 822. The Labute approximate surface area is 152 Å². The van der Waals surface area contributed by atoms with Gasteiger partial charge in [-0.15, -0.1) is 0 Å². The average Bonchev–Trinajstić information content (AvgIpc) is 2.98. The number of hydrogen-bond acceptors (Lipinski definition) is 4. The molecule has 0 unspecified atom stereocenters. The fourth-order valence-electron chi connectivity index (χ4n) is 2.99. The molecule has 0 saturated carbocycles. The van der Waals surface area contributed by atoms with Crippen LogP contribution in [-0.4, -0.2) is 25.7 Å². The molecule has 3 rings (SSSR count). The molecule has 1 N–H and O–H groups in total. The zero-order chi connectivity index (χ0) is 18.7. The molecule has 0 fully saturated rings. The molecule has 1 aliphatic rings. The Kier molecular flexibility index (Phi) is 5.30. The summed E-state index contributed by atoms with van der Waals surface area (Å²) in [4.78, 5) is 12.3. The normalized spacial score (nSPS) is 15.2. The van der Waals surface area contributed by atoms with Crippen LogP contribution in [0.2, 0.25) is 0 Å². The lowest BCUT2D eigenvalue weighted by Crippen LogP contribution is -2.23. The molecule has 1 aliphatic heterocycles. The first-order chi connectivity index (χ1) is 12.5. The van der Waals surface area contributed by atoms with Gasteiger partial charge in [0.25, 0.3) is 5.91 Å². The van der Waals surface area contributed by atoms with Crippen LogP contribution in [0.3, 0.4) is 0 Å². The van der Waals surface area contributed by atoms with Gasteiger partial charge in [0, 0.05) is 29.7 Å². The predicted molar refractivity (Wildman–Crippen MR) is 95.5 cm³/mol. The third kappa shape index (κ3) is 3.74. The van der Waals surface area contributed by atoms with Crippen LogP contribution < -0.4 is 19.5 Å². The Morgan fingerprint density at radius 3 is 2.81 bits per heavy atom. The van der Waals surface area contributed by atoms with E-state index < -0.39 is 5.82 Å². The first-order valence-electron chi connectivity index (χ1n) is 8.58. The van der Waals surface area contributed by atoms with Gasteiger partial charge in [0.2, 0.25) is 0 Å². The SMILES string of the molecule is CCOc1cc2c(cc1CNC(=O)c1ccc(OC)c(F)c1)O[C@H](C)C2. The van der Waals surface area contributed by atoms with Crippen molar-refractivity contribution in [1.82, 2.24) is 5.32 Å². The summed E-state index contributed by atoms with van der Waals surface area (Å²) in [7, 11) is 1.38. The van der Waals surface area contributed by atoms with E-state index in [0.717, 1.165) is 35.1 Å². The Morgan fingerprint density at radius 2 is 2.12 bits per heavy atom. The van der Waals surface area contributed by atoms with Gasteiger partial charge in [-0.3, -0.25) is 4.79 Å². The Hall–Kier alpha value is -2.76. The zero-order valence-corrected chi connectivity index (χ0v) is 15.1. The van der Waals surface area contributed by atoms with Crippen molar-refractivity contribution in [2.24, 2.45) is 0 Å². The number of methoxy groups -OCH3 is 1. The van der Waals surface area contributed by atoms with Crippen LogP contribution in [0.15, 0.2) is 30.3 Å². The van der Waals surface area contributed by atoms with E-state index in [0.29, 0.717) is 6.61 Å². The smallest absolute Gasteiger partial charge is 0.251 e. The fraction of sp³-hybridized carbons (Fsp3) is 0.350. The second-order valence-electron chi connectivity index (χ2n) is 6.17. The molecule has 1 heterocycles. The number of hydrogen-bond donors (Lipinski definition) is 1. The highest BCUT2D eigenvalue weighted by atomic mass is 19.1. The maximum atomic E-state index is 13.8. The van der Waals surface area contributed by atoms with E-state index in [1.165, 1.54) is 19.2 Å². The van der Waals surface area contributed by atoms with Crippen molar-refractivity contribution in [1.29, 1.82) is 0 Å². The number of carbonyl (C=O) groups excluding carboxylic acids is 1. The van der Waals surface area contributed by atoms with Crippen LogP contribution in [0.25, 0.3) is 0 Å². The predicted octanol–water partition coefficient (Wildman–Crippen LogP) is 3.49. The van der Waals surface area contributed by atoms with Crippen molar-refractivity contribution in [2.75, 3.05) is 13.7 Å². The van der Waals surface area contributed by atoms with Crippen LogP contribution in [0.5, 0.6) is 17.2 Å². The summed E-state index contributed by atoms with van der Waals surface area (Å²) in [6.07, 6.45) is 0.972. The second-order valence-corrected chi connectivity index (χ2v) is 6.17. The zero-order valence-electron chi connectivity index (χ0n) is 15.1. The van der Waals surface area contributed by atoms with Gasteiger partial charge in [-0.2, -0.15) is 0 Å². The highest BCUT2D eigenvalue weighted by molar-refractivity contribution is 5.94. The number of ether oxygens (including phenoxy) is 3. The summed E-state index contributed by atoms with van der Waals surface area (Å²) in [5.41, 5.74) is 2.16. The van der Waals surface area contributed by atoms with Crippen LogP contribution >= 0.6 is 0 Å². The van der Waals surface area contributed by atoms with E-state index in [1.54, 1.807) is 0 Å². The molecule has 0 aromatic heterocycles. The number of nitrogens with one attached hydrogen (secondary N) is 1. The highest BCUT2D eigenvalue weighted by Crippen LogP contribution is 2.35. The number of fused-ring (bicyclic) bond motifs is 1. The topological polar surface area (TPSA) is 56.8 Å². The number of halogens is 1. The van der Waals surface area contributed by atoms with Crippen molar-refractivity contribution in [3.05, 3.63) is 52.8 Å². The van der Waals surface area contributed by atoms with E-state index in [1.807, 2.05) is 26.0 Å². The average molecular weight is 359 g/mol. The van der Waals surface area contributed by atoms with Gasteiger partial charge in [-0.25, -0.2) is 4.39 Å². The van der Waals surface area contributed by atoms with Crippen molar-refractivity contribution in [2.45, 2.75) is 32.9 Å². The van der Waals surface area contributed by atoms with Crippen LogP contribution in [0, 0.1) is 5.82 Å². The number of rotatable bonds is 6. The van der Waals surface area contributed by atoms with Gasteiger partial charge < -0.3 is 19.5 Å². The minimum Gasteiger partial charge on any atom is -0.494 e. The first-order valence-corrected chi connectivity index (χ1v) is 8.58. The molecule has 5 nitrogen and oxygen atoms in total. The van der Waals surface area contributed by atoms with Crippen LogP contribution in [0.4, 0.5) is 4.39 Å². The van der Waals surface area contributed by atoms with Gasteiger partial charge >= 0.3 is 0 Å². The summed E-state index contributed by atoms with van der Waals surface area (Å²) in [6.45, 7) is 4.71. The third-order valence-electron chi connectivity index (χ3n) is 4.23. The van der Waals surface area contributed by atoms with E-state index in [9.17, 15) is 9.18 Å². The molecule has 0 radical (unpaired) electrons. The molecule has 0 aliphatic carbocycles. The molecular formula is C20H22FNO4. The van der Waals surface area contributed by atoms with E-state index in [-0.39, 0.29) is 29.9 Å². The summed E-state index contributed by atoms with van der Waals surface area (Å²) in [5.74, 6) is 0.704. The lowest BCUT2D eigenvalue weighted by molar-refractivity contribution is 0.0950. The van der Waals surface area contributed by atoms with E-state index in [2.05, 4.69) is 5.32 Å². The molecule has 2 aromatic rings. The third-order valence-corrected chi connectivity index (χ3v) is 4.23. The van der Waals surface area contributed by atoms with Crippen LogP contribution in [-0.2, 0) is 13.0 Å². The molecule has 1 amide bonds. The molecule has 2 aromatic carbocycles. The second kappa shape index (κ2) is 7.64. The largest absolute Gasteiger partial charge is 0.494 e. The maximum Gasteiger partial charge on any atom is 0.251 e. The summed E-state index contributed by atoms with van der Waals surface area (Å²) in [6, 6.07) is 7.98. The van der Waals surface area contributed by atoms with Gasteiger partial charge in [-0.05, 0) is 44.2 Å². The summed E-state index contributed by atoms with van der Waals surface area (Å²) < 4.78 is 30.1. The lowest BCUT2D eigenvalue weighted by atomic mass is 10.1. The quantitative estimate of drug-likeness (QED) is 0.858. The van der Waals surface area contributed by atoms with Crippen molar-refractivity contribution >= 4 is 5.91 Å². The maximum absolute atomic E-state index is 13.8. The van der Waals surface area contributed by atoms with Gasteiger partial charge in [0.05, 0.1) is 13.7 Å². The van der Waals surface area contributed by atoms with Gasteiger partial charge in [0.15, 0.2) is 11.6 Å². The highest BCUT2D eigenvalue weighted by Gasteiger charge is 2.22. The van der Waals surface area contributed by atoms with Crippen molar-refractivity contribution < 1.29 is 23.4 Å². The summed E-state index contributed by atoms with van der Waals surface area (Å²) >= 11 is 0. The van der Waals surface area contributed by atoms with Crippen molar-refractivity contribution in [3.8, 4) is 17.2 Å². The molecular weight excluding hydrogens is 337 g/mol. The van der Waals surface area contributed by atoms with E-state index in [4.69, 9.17) is 14.2 Å². The van der Waals surface area contributed by atoms with Gasteiger partial charge in [-0.1, -0.05) is 0 Å². The monoisotopic (exact) mass is 359 g/mol. The fourth-order valence-corrected chi connectivity index (χ4v) is 2.99. The molecule has 6 heteroatoms. The first kappa shape index (κ1) is 18.0. The Balaban J connectivity index is 1.75. The minimum atomic E-state index is -0.574.